The number of carbonyl (C=O) groups excluding carboxylic acids is 1. The van der Waals surface area contributed by atoms with Gasteiger partial charge in [-0.25, -0.2) is 0 Å². The zero-order valence-corrected chi connectivity index (χ0v) is 23.1. The Labute approximate surface area is 150 Å². The molecule has 1 N–H and O–H groups in total. The van der Waals surface area contributed by atoms with Crippen molar-refractivity contribution in [2.45, 2.75) is 35.8 Å². The van der Waals surface area contributed by atoms with Crippen molar-refractivity contribution in [3.63, 3.8) is 0 Å². The van der Waals surface area contributed by atoms with Gasteiger partial charge in [0, 0.05) is 12.5 Å². The Hall–Kier alpha value is 0.823. The monoisotopic (exact) mass is 412 g/mol. The van der Waals surface area contributed by atoms with Crippen LogP contribution in [-0.4, -0.2) is 103 Å². The van der Waals surface area contributed by atoms with Crippen molar-refractivity contribution >= 4 is 43.5 Å². The molecule has 0 saturated carbocycles. The van der Waals surface area contributed by atoms with E-state index < -0.39 is 0 Å². The summed E-state index contributed by atoms with van der Waals surface area (Å²) in [6, 6.07) is 0. The maximum atomic E-state index is 10.3. The number of aliphatic hydroxyl groups excluding tert-OH is 1. The summed E-state index contributed by atoms with van der Waals surface area (Å²) in [6.07, 6.45) is 5.87. The van der Waals surface area contributed by atoms with Crippen LogP contribution >= 0.6 is 0 Å². The molecule has 4 nitrogen and oxygen atoms in total. The van der Waals surface area contributed by atoms with Crippen LogP contribution < -0.4 is 0 Å². The topological polar surface area (TPSA) is 43.8 Å². The summed E-state index contributed by atoms with van der Waals surface area (Å²) in [5, 5.41) is 9.35. The molecule has 2 heterocycles. The number of aldehydes is 1. The number of carbonyl (C=O) groups is 1. The first kappa shape index (κ1) is 21.8. The minimum atomic E-state index is 0.0650. The zero-order chi connectivity index (χ0) is 16.3. The molecule has 0 radical (unpaired) electrons. The Morgan fingerprint density at radius 2 is 1.62 bits per heavy atom. The summed E-state index contributed by atoms with van der Waals surface area (Å²) >= 11 is 1.66. The number of hydrogen-bond acceptors (Lipinski definition) is 4. The molecular weight excluding hydrogens is 380 g/mol. The van der Waals surface area contributed by atoms with Crippen LogP contribution in [0.15, 0.2) is 0 Å². The van der Waals surface area contributed by atoms with Crippen LogP contribution in [-0.2, 0) is 4.79 Å². The third kappa shape index (κ3) is 10.3. The van der Waals surface area contributed by atoms with Crippen LogP contribution in [0.1, 0.15) is 25.7 Å². The van der Waals surface area contributed by atoms with Gasteiger partial charge in [-0.05, 0) is 26.4 Å². The molecule has 21 heavy (non-hydrogen) atoms. The van der Waals surface area contributed by atoms with Crippen molar-refractivity contribution in [3.05, 3.63) is 0 Å². The Morgan fingerprint density at radius 3 is 1.95 bits per heavy atom. The second-order valence-electron chi connectivity index (χ2n) is 6.21. The van der Waals surface area contributed by atoms with E-state index in [1.54, 1.807) is 0 Å². The van der Waals surface area contributed by atoms with Crippen LogP contribution in [0.2, 0.25) is 5.48 Å². The summed E-state index contributed by atoms with van der Waals surface area (Å²) in [5.74, 6) is 0.905. The van der Waals surface area contributed by atoms with Crippen LogP contribution in [0.3, 0.4) is 0 Å². The van der Waals surface area contributed by atoms with Crippen molar-refractivity contribution < 1.29 is 9.90 Å². The van der Waals surface area contributed by atoms with Gasteiger partial charge >= 0.3 is 96.2 Å². The molecule has 2 aliphatic rings. The fourth-order valence-electron chi connectivity index (χ4n) is 2.92. The van der Waals surface area contributed by atoms with E-state index in [2.05, 4.69) is 29.4 Å². The molecule has 0 aromatic rings. The number of likely N-dealkylation sites (tertiary alicyclic amines) is 2. The van der Waals surface area contributed by atoms with Crippen LogP contribution in [0.5, 0.6) is 0 Å². The number of nitrogens with zero attached hydrogens (tertiary/aromatic N) is 2. The van der Waals surface area contributed by atoms with Gasteiger partial charge in [-0.15, -0.1) is 0 Å². The quantitative estimate of drug-likeness (QED) is 0.488. The molecule has 2 fully saturated rings. The van der Waals surface area contributed by atoms with E-state index in [1.807, 2.05) is 0 Å². The molecule has 0 bridgehead atoms. The molecule has 0 aliphatic carbocycles. The van der Waals surface area contributed by atoms with Gasteiger partial charge in [0.25, 0.3) is 0 Å². The van der Waals surface area contributed by atoms with Crippen LogP contribution in [0, 0.1) is 11.8 Å². The Balaban J connectivity index is 0.000000342. The molecule has 2 saturated heterocycles. The first-order valence-corrected chi connectivity index (χ1v) is 15.1. The van der Waals surface area contributed by atoms with Crippen molar-refractivity contribution in [2.24, 2.45) is 11.8 Å². The second kappa shape index (κ2) is 13.3. The van der Waals surface area contributed by atoms with E-state index >= 15 is 0 Å². The van der Waals surface area contributed by atoms with Gasteiger partial charge in [0.15, 0.2) is 0 Å². The fourth-order valence-corrected chi connectivity index (χ4v) is 4.06. The molecule has 2 aliphatic heterocycles. The van der Waals surface area contributed by atoms with Gasteiger partial charge < -0.3 is 9.69 Å². The summed E-state index contributed by atoms with van der Waals surface area (Å²) in [5.41, 5.74) is 2.19. The molecule has 0 amide bonds. The standard InChI is InChI=1S/C7H14NO.C7H13NO.CH3.2Ga.4H/c2*1-8-4-2-3-7(5-8)6-9;;;;;;;/h6-7,9H,2-5H2,1H3;6-7H,2-5H2,1H3;1H3;;;;;;. The Morgan fingerprint density at radius 1 is 1.10 bits per heavy atom. The molecule has 3 atom stereocenters. The summed E-state index contributed by atoms with van der Waals surface area (Å²) in [7, 11) is 4.21. The van der Waals surface area contributed by atoms with Crippen LogP contribution in [0.25, 0.3) is 0 Å². The molecular formula is C15H34Ga2N2O2. The van der Waals surface area contributed by atoms with E-state index in [1.165, 1.54) is 25.8 Å². The molecule has 2 rings (SSSR count). The second-order valence-corrected chi connectivity index (χ2v) is 8.69. The Kier molecular flexibility index (Phi) is 13.8. The first-order valence-electron chi connectivity index (χ1n) is 8.53. The van der Waals surface area contributed by atoms with E-state index in [4.69, 9.17) is 0 Å². The molecule has 0 aromatic heterocycles. The number of piperidine rings is 2. The minimum absolute atomic E-state index is 0.0650. The normalized spacial score (nSPS) is 28.4. The Bertz CT molecular complexity index is 268. The van der Waals surface area contributed by atoms with Gasteiger partial charge in [0.2, 0.25) is 0 Å². The average molecular weight is 414 g/mol. The van der Waals surface area contributed by atoms with Gasteiger partial charge in [-0.2, -0.15) is 0 Å². The summed E-state index contributed by atoms with van der Waals surface area (Å²) in [6.45, 7) is 4.45. The number of hydrogen-bond donors (Lipinski definition) is 1. The van der Waals surface area contributed by atoms with E-state index in [9.17, 15) is 9.90 Å². The van der Waals surface area contributed by atoms with Gasteiger partial charge in [-0.3, -0.25) is 0 Å². The third-order valence-electron chi connectivity index (χ3n) is 4.20. The van der Waals surface area contributed by atoms with E-state index in [0.29, 0.717) is 30.4 Å². The molecule has 6 heteroatoms. The third-order valence-corrected chi connectivity index (χ3v) is 6.17. The molecule has 0 aromatic carbocycles. The zero-order valence-electron chi connectivity index (χ0n) is 14.7. The summed E-state index contributed by atoms with van der Waals surface area (Å²) in [4.78, 5) is 14.8. The fraction of sp³-hybridized carbons (Fsp3) is 0.933. The molecule has 0 spiro atoms. The van der Waals surface area contributed by atoms with Crippen molar-refractivity contribution in [3.8, 4) is 0 Å². The van der Waals surface area contributed by atoms with E-state index in [0.717, 1.165) is 50.9 Å². The van der Waals surface area contributed by atoms with Crippen LogP contribution in [0.4, 0.5) is 0 Å². The predicted molar refractivity (Wildman–Crippen MR) is 95.5 cm³/mol. The predicted octanol–water partition coefficient (Wildman–Crippen LogP) is -0.526. The van der Waals surface area contributed by atoms with Gasteiger partial charge in [0.1, 0.15) is 6.29 Å². The number of rotatable bonds is 2. The van der Waals surface area contributed by atoms with Crippen molar-refractivity contribution in [1.29, 1.82) is 0 Å². The first-order chi connectivity index (χ1) is 10.0. The van der Waals surface area contributed by atoms with Crippen molar-refractivity contribution in [2.75, 3.05) is 40.3 Å². The van der Waals surface area contributed by atoms with Gasteiger partial charge in [0.05, 0.1) is 0 Å². The van der Waals surface area contributed by atoms with Crippen molar-refractivity contribution in [1.82, 2.24) is 9.80 Å². The van der Waals surface area contributed by atoms with Gasteiger partial charge in [-0.1, -0.05) is 0 Å². The molecule has 122 valence electrons. The van der Waals surface area contributed by atoms with E-state index in [-0.39, 0.29) is 4.66 Å². The number of aliphatic hydroxyl groups is 1. The average Bonchev–Trinajstić information content (AvgIpc) is 2.50. The maximum absolute atomic E-state index is 10.3. The SMILES string of the molecule is CN1CCCC(C=O)C1.CN1CCCC([CH](O)[GaH2])C1.[CH3][GaH2]. The summed E-state index contributed by atoms with van der Waals surface area (Å²) < 4.78 is 0.0650. The molecule has 3 unspecified atom stereocenters.